The van der Waals surface area contributed by atoms with Gasteiger partial charge in [-0.05, 0) is 12.4 Å². The van der Waals surface area contributed by atoms with E-state index in [1.807, 2.05) is 5.87 Å². The Kier molecular flexibility index (Phi) is 2.58. The SMILES string of the molecule is C=C=NS(=O)O. The minimum Gasteiger partial charge on any atom is -0.287 e. The van der Waals surface area contributed by atoms with E-state index in [9.17, 15) is 4.21 Å². The van der Waals surface area contributed by atoms with E-state index in [0.717, 1.165) is 0 Å². The Labute approximate surface area is 37.8 Å². The van der Waals surface area contributed by atoms with Crippen molar-refractivity contribution >= 4 is 17.1 Å². The smallest absolute Gasteiger partial charge is 0.287 e. The van der Waals surface area contributed by atoms with Crippen LogP contribution in [0.5, 0.6) is 0 Å². The first kappa shape index (κ1) is 5.56. The standard InChI is InChI=1S/C2H3NO2S/c1-2-3-6(4)5/h1H2,(H,4,5). The molecule has 0 radical (unpaired) electrons. The van der Waals surface area contributed by atoms with Crippen molar-refractivity contribution < 1.29 is 8.76 Å². The summed E-state index contributed by atoms with van der Waals surface area (Å²) in [6, 6.07) is 0. The Balaban J connectivity index is 3.60. The third kappa shape index (κ3) is 3.56. The number of rotatable bonds is 1. The minimum atomic E-state index is -2.11. The summed E-state index contributed by atoms with van der Waals surface area (Å²) in [5.74, 6) is 1.89. The number of hydrogen-bond donors (Lipinski definition) is 1. The van der Waals surface area contributed by atoms with Gasteiger partial charge in [-0.15, -0.1) is 4.40 Å². The van der Waals surface area contributed by atoms with Gasteiger partial charge in [-0.3, -0.25) is 4.55 Å². The number of hydrogen-bond acceptors (Lipinski definition) is 1. The zero-order chi connectivity index (χ0) is 4.99. The Bertz CT molecular complexity index is 104. The molecule has 0 bridgehead atoms. The molecule has 0 saturated carbocycles. The van der Waals surface area contributed by atoms with Crippen molar-refractivity contribution in [3.8, 4) is 0 Å². The van der Waals surface area contributed by atoms with Crippen LogP contribution in [-0.4, -0.2) is 14.6 Å². The fraction of sp³-hybridized carbons (Fsp3) is 0. The van der Waals surface area contributed by atoms with E-state index in [0.29, 0.717) is 0 Å². The van der Waals surface area contributed by atoms with Crippen LogP contribution in [0.25, 0.3) is 0 Å². The normalized spacial score (nSPS) is 12.2. The molecular weight excluding hydrogens is 102 g/mol. The molecule has 34 valence electrons. The van der Waals surface area contributed by atoms with E-state index in [-0.39, 0.29) is 0 Å². The summed E-state index contributed by atoms with van der Waals surface area (Å²) in [6.45, 7) is 2.96. The van der Waals surface area contributed by atoms with Gasteiger partial charge in [0, 0.05) is 0 Å². The first-order valence-electron chi connectivity index (χ1n) is 1.11. The number of nitrogens with zero attached hydrogens (tertiary/aromatic N) is 1. The van der Waals surface area contributed by atoms with Crippen molar-refractivity contribution in [3.05, 3.63) is 6.58 Å². The van der Waals surface area contributed by atoms with E-state index in [2.05, 4.69) is 11.0 Å². The zero-order valence-corrected chi connectivity index (χ0v) is 3.73. The molecule has 3 nitrogen and oxygen atoms in total. The summed E-state index contributed by atoms with van der Waals surface area (Å²) in [4.78, 5) is 0. The second-order valence-electron chi connectivity index (χ2n) is 0.480. The van der Waals surface area contributed by atoms with Crippen LogP contribution in [0.2, 0.25) is 0 Å². The van der Waals surface area contributed by atoms with Crippen LogP contribution in [0.3, 0.4) is 0 Å². The Hall–Kier alpha value is -0.440. The molecule has 0 amide bonds. The highest BCUT2D eigenvalue weighted by Gasteiger charge is 1.72. The van der Waals surface area contributed by atoms with Crippen molar-refractivity contribution in [3.63, 3.8) is 0 Å². The average molecular weight is 105 g/mol. The molecule has 4 heteroatoms. The van der Waals surface area contributed by atoms with Crippen molar-refractivity contribution in [1.29, 1.82) is 0 Å². The minimum absolute atomic E-state index is 1.89. The van der Waals surface area contributed by atoms with Crippen molar-refractivity contribution in [2.75, 3.05) is 0 Å². The largest absolute Gasteiger partial charge is 0.290 e. The van der Waals surface area contributed by atoms with E-state index < -0.39 is 11.3 Å². The summed E-state index contributed by atoms with van der Waals surface area (Å²) < 4.78 is 20.0. The quantitative estimate of drug-likeness (QED) is 0.376. The van der Waals surface area contributed by atoms with Crippen LogP contribution >= 0.6 is 0 Å². The van der Waals surface area contributed by atoms with Gasteiger partial charge in [0.2, 0.25) is 0 Å². The second kappa shape index (κ2) is 2.78. The van der Waals surface area contributed by atoms with Crippen LogP contribution in [0.4, 0.5) is 0 Å². The fourth-order valence-electron chi connectivity index (χ4n) is 0.0552. The van der Waals surface area contributed by atoms with E-state index in [1.165, 1.54) is 0 Å². The highest BCUT2D eigenvalue weighted by molar-refractivity contribution is 7.77. The van der Waals surface area contributed by atoms with Gasteiger partial charge in [0.15, 0.2) is 0 Å². The molecule has 0 aliphatic carbocycles. The summed E-state index contributed by atoms with van der Waals surface area (Å²) in [5, 5.41) is 0. The molecule has 0 aliphatic heterocycles. The maximum atomic E-state index is 9.44. The Morgan fingerprint density at radius 2 is 2.50 bits per heavy atom. The van der Waals surface area contributed by atoms with Gasteiger partial charge in [-0.2, -0.15) is 0 Å². The van der Waals surface area contributed by atoms with Crippen LogP contribution in [0, 0.1) is 0 Å². The summed E-state index contributed by atoms with van der Waals surface area (Å²) in [7, 11) is 0. The lowest BCUT2D eigenvalue weighted by Gasteiger charge is -1.65. The first-order valence-corrected chi connectivity index (χ1v) is 2.17. The highest BCUT2D eigenvalue weighted by Crippen LogP contribution is 1.64. The van der Waals surface area contributed by atoms with Gasteiger partial charge >= 0.3 is 0 Å². The van der Waals surface area contributed by atoms with Gasteiger partial charge < -0.3 is 0 Å². The fourth-order valence-corrected chi connectivity index (χ4v) is 0.166. The highest BCUT2D eigenvalue weighted by atomic mass is 32.2. The summed E-state index contributed by atoms with van der Waals surface area (Å²) in [5.41, 5.74) is 0. The molecule has 0 aromatic rings. The molecule has 0 saturated heterocycles. The molecule has 1 unspecified atom stereocenters. The van der Waals surface area contributed by atoms with Crippen molar-refractivity contribution in [1.82, 2.24) is 0 Å². The van der Waals surface area contributed by atoms with Gasteiger partial charge in [-0.25, -0.2) is 4.21 Å². The van der Waals surface area contributed by atoms with Crippen molar-refractivity contribution in [2.45, 2.75) is 0 Å². The average Bonchev–Trinajstić information content (AvgIpc) is 1.35. The van der Waals surface area contributed by atoms with Gasteiger partial charge in [0.05, 0.1) is 0 Å². The lowest BCUT2D eigenvalue weighted by atomic mass is 11.2. The Morgan fingerprint density at radius 1 is 2.00 bits per heavy atom. The van der Waals surface area contributed by atoms with E-state index in [4.69, 9.17) is 4.55 Å². The molecule has 0 aliphatic rings. The Morgan fingerprint density at radius 3 is 2.50 bits per heavy atom. The van der Waals surface area contributed by atoms with Gasteiger partial charge in [0.1, 0.15) is 0 Å². The molecule has 0 spiro atoms. The van der Waals surface area contributed by atoms with Crippen LogP contribution in [0.15, 0.2) is 11.0 Å². The first-order chi connectivity index (χ1) is 2.77. The molecule has 1 N–H and O–H groups in total. The predicted octanol–water partition coefficient (Wildman–Crippen LogP) is -0.0212. The molecule has 0 fully saturated rings. The third-order valence-corrected chi connectivity index (χ3v) is 0.428. The zero-order valence-electron chi connectivity index (χ0n) is 2.92. The molecule has 0 heterocycles. The van der Waals surface area contributed by atoms with Crippen LogP contribution in [-0.2, 0) is 11.3 Å². The molecule has 0 aromatic carbocycles. The molecule has 1 atom stereocenters. The van der Waals surface area contributed by atoms with Gasteiger partial charge in [0.25, 0.3) is 11.3 Å². The lowest BCUT2D eigenvalue weighted by Crippen LogP contribution is -1.73. The molecule has 0 aromatic heterocycles. The maximum absolute atomic E-state index is 9.44. The van der Waals surface area contributed by atoms with Crippen molar-refractivity contribution in [2.24, 2.45) is 4.40 Å². The molecule has 0 rings (SSSR count). The van der Waals surface area contributed by atoms with Gasteiger partial charge in [-0.1, -0.05) is 0 Å². The molecular formula is C2H3NO2S. The van der Waals surface area contributed by atoms with E-state index in [1.54, 1.807) is 0 Å². The molecule has 6 heavy (non-hydrogen) atoms. The van der Waals surface area contributed by atoms with Crippen LogP contribution < -0.4 is 0 Å². The predicted molar refractivity (Wildman–Crippen MR) is 23.8 cm³/mol. The third-order valence-electron chi connectivity index (χ3n) is 0.143. The topological polar surface area (TPSA) is 49.7 Å². The maximum Gasteiger partial charge on any atom is 0.290 e. The van der Waals surface area contributed by atoms with E-state index >= 15 is 0 Å². The monoisotopic (exact) mass is 105 g/mol. The van der Waals surface area contributed by atoms with Crippen LogP contribution in [0.1, 0.15) is 0 Å². The lowest BCUT2D eigenvalue weighted by molar-refractivity contribution is 0.567. The second-order valence-corrected chi connectivity index (χ2v) is 1.12. The summed E-state index contributed by atoms with van der Waals surface area (Å²) in [6.07, 6.45) is 0. The summed E-state index contributed by atoms with van der Waals surface area (Å²) >= 11 is -2.11.